The molecule has 3 rings (SSSR count). The molecule has 2 aromatic rings. The number of hydrogen-bond donors (Lipinski definition) is 1. The number of pyridine rings is 1. The molecule has 2 heterocycles. The Labute approximate surface area is 195 Å². The Morgan fingerprint density at radius 1 is 0.970 bits per heavy atom. The van der Waals surface area contributed by atoms with Crippen LogP contribution in [0.4, 0.5) is 17.2 Å². The minimum absolute atomic E-state index is 0.0317. The van der Waals surface area contributed by atoms with Crippen LogP contribution in [0.5, 0.6) is 0 Å². The number of anilines is 3. The second kappa shape index (κ2) is 11.6. The molecule has 0 unspecified atom stereocenters. The fourth-order valence-corrected chi connectivity index (χ4v) is 4.06. The molecular formula is C25H33N5O3. The van der Waals surface area contributed by atoms with E-state index >= 15 is 0 Å². The molecule has 0 aliphatic carbocycles. The van der Waals surface area contributed by atoms with Gasteiger partial charge in [-0.3, -0.25) is 19.3 Å². The number of nitrogens with zero attached hydrogens (tertiary/aromatic N) is 4. The molecule has 8 nitrogen and oxygen atoms in total. The Morgan fingerprint density at radius 3 is 2.45 bits per heavy atom. The highest BCUT2D eigenvalue weighted by atomic mass is 16.2. The number of amides is 3. The topological polar surface area (TPSA) is 85.9 Å². The van der Waals surface area contributed by atoms with Gasteiger partial charge in [-0.2, -0.15) is 0 Å². The molecule has 0 saturated heterocycles. The van der Waals surface area contributed by atoms with Crippen molar-refractivity contribution >= 4 is 34.9 Å². The monoisotopic (exact) mass is 451 g/mol. The first-order chi connectivity index (χ1) is 16.0. The molecule has 3 amide bonds. The Balaban J connectivity index is 1.71. The molecule has 1 N–H and O–H groups in total. The average Bonchev–Trinajstić information content (AvgIpc) is 2.96. The predicted octanol–water partition coefficient (Wildman–Crippen LogP) is 3.67. The van der Waals surface area contributed by atoms with Crippen LogP contribution < -0.4 is 10.2 Å². The standard InChI is InChI=1S/C25H33N5O3/c1-4-28(5-2)17-10-18-29(6-3)22(31)14-15-23(32)30-21-13-8-7-11-19(21)25(33)27-20-12-9-16-26-24(20)30/h7-9,11-13,16H,4-6,10,14-15,17-18H2,1-3H3,(H,27,33). The van der Waals surface area contributed by atoms with E-state index in [1.807, 2.05) is 11.8 Å². The van der Waals surface area contributed by atoms with E-state index in [2.05, 4.69) is 29.0 Å². The SMILES string of the molecule is CCN(CC)CCCN(CC)C(=O)CCC(=O)N1c2ccccc2C(=O)Nc2cccnc21. The molecular weight excluding hydrogens is 418 g/mol. The molecule has 8 heteroatoms. The van der Waals surface area contributed by atoms with Crippen LogP contribution in [0.25, 0.3) is 0 Å². The van der Waals surface area contributed by atoms with Crippen molar-refractivity contribution in [3.63, 3.8) is 0 Å². The van der Waals surface area contributed by atoms with E-state index < -0.39 is 0 Å². The van der Waals surface area contributed by atoms with Crippen LogP contribution in [0.2, 0.25) is 0 Å². The second-order valence-corrected chi connectivity index (χ2v) is 7.93. The number of rotatable bonds is 10. The summed E-state index contributed by atoms with van der Waals surface area (Å²) in [6.45, 7) is 10.5. The summed E-state index contributed by atoms with van der Waals surface area (Å²) in [7, 11) is 0. The Bertz CT molecular complexity index is 990. The van der Waals surface area contributed by atoms with Crippen LogP contribution in [-0.4, -0.2) is 65.2 Å². The number of fused-ring (bicyclic) bond motifs is 2. The summed E-state index contributed by atoms with van der Waals surface area (Å²) in [4.78, 5) is 48.8. The predicted molar refractivity (Wildman–Crippen MR) is 130 cm³/mol. The van der Waals surface area contributed by atoms with Crippen molar-refractivity contribution < 1.29 is 14.4 Å². The third-order valence-corrected chi connectivity index (χ3v) is 5.97. The zero-order valence-corrected chi connectivity index (χ0v) is 19.7. The van der Waals surface area contributed by atoms with Gasteiger partial charge < -0.3 is 15.1 Å². The first kappa shape index (κ1) is 24.4. The first-order valence-corrected chi connectivity index (χ1v) is 11.7. The highest BCUT2D eigenvalue weighted by molar-refractivity contribution is 6.17. The summed E-state index contributed by atoms with van der Waals surface area (Å²) in [6.07, 6.45) is 2.63. The third-order valence-electron chi connectivity index (χ3n) is 5.97. The van der Waals surface area contributed by atoms with Gasteiger partial charge in [0.1, 0.15) is 0 Å². The van der Waals surface area contributed by atoms with Crippen LogP contribution in [0.1, 0.15) is 50.4 Å². The van der Waals surface area contributed by atoms with E-state index in [4.69, 9.17) is 0 Å². The fraction of sp³-hybridized carbons (Fsp3) is 0.440. The summed E-state index contributed by atoms with van der Waals surface area (Å²) < 4.78 is 0. The van der Waals surface area contributed by atoms with Gasteiger partial charge in [-0.05, 0) is 57.2 Å². The number of aromatic nitrogens is 1. The molecule has 1 aliphatic rings. The van der Waals surface area contributed by atoms with Crippen molar-refractivity contribution in [3.8, 4) is 0 Å². The minimum atomic E-state index is -0.295. The average molecular weight is 452 g/mol. The molecule has 0 atom stereocenters. The van der Waals surface area contributed by atoms with E-state index in [-0.39, 0.29) is 30.6 Å². The highest BCUT2D eigenvalue weighted by Gasteiger charge is 2.30. The molecule has 0 saturated carbocycles. The van der Waals surface area contributed by atoms with E-state index in [9.17, 15) is 14.4 Å². The maximum Gasteiger partial charge on any atom is 0.257 e. The van der Waals surface area contributed by atoms with Gasteiger partial charge in [0.2, 0.25) is 11.8 Å². The van der Waals surface area contributed by atoms with Gasteiger partial charge in [-0.25, -0.2) is 4.98 Å². The van der Waals surface area contributed by atoms with Gasteiger partial charge in [0.25, 0.3) is 5.91 Å². The summed E-state index contributed by atoms with van der Waals surface area (Å²) in [6, 6.07) is 10.4. The number of nitrogens with one attached hydrogen (secondary N) is 1. The Morgan fingerprint density at radius 2 is 1.73 bits per heavy atom. The van der Waals surface area contributed by atoms with Crippen molar-refractivity contribution in [2.45, 2.75) is 40.0 Å². The highest BCUT2D eigenvalue weighted by Crippen LogP contribution is 2.36. The van der Waals surface area contributed by atoms with Gasteiger partial charge >= 0.3 is 0 Å². The van der Waals surface area contributed by atoms with Crippen LogP contribution in [0.3, 0.4) is 0 Å². The van der Waals surface area contributed by atoms with Gasteiger partial charge in [-0.1, -0.05) is 26.0 Å². The maximum atomic E-state index is 13.3. The summed E-state index contributed by atoms with van der Waals surface area (Å²) in [5.74, 6) is -0.244. The van der Waals surface area contributed by atoms with Crippen molar-refractivity contribution in [2.24, 2.45) is 0 Å². The molecule has 33 heavy (non-hydrogen) atoms. The van der Waals surface area contributed by atoms with E-state index in [1.165, 1.54) is 4.90 Å². The lowest BCUT2D eigenvalue weighted by molar-refractivity contribution is -0.133. The molecule has 176 valence electrons. The van der Waals surface area contributed by atoms with Crippen molar-refractivity contribution in [2.75, 3.05) is 42.9 Å². The van der Waals surface area contributed by atoms with Crippen molar-refractivity contribution in [1.29, 1.82) is 0 Å². The maximum absolute atomic E-state index is 13.3. The largest absolute Gasteiger partial charge is 0.343 e. The fourth-order valence-electron chi connectivity index (χ4n) is 4.06. The Hall–Kier alpha value is -3.26. The Kier molecular flexibility index (Phi) is 8.54. The van der Waals surface area contributed by atoms with Gasteiger partial charge in [0, 0.05) is 32.1 Å². The second-order valence-electron chi connectivity index (χ2n) is 7.93. The van der Waals surface area contributed by atoms with Crippen LogP contribution in [0, 0.1) is 0 Å². The molecule has 1 aromatic carbocycles. The zero-order valence-electron chi connectivity index (χ0n) is 19.7. The van der Waals surface area contributed by atoms with E-state index in [0.29, 0.717) is 35.8 Å². The molecule has 0 bridgehead atoms. The minimum Gasteiger partial charge on any atom is -0.343 e. The lowest BCUT2D eigenvalue weighted by atomic mass is 10.1. The molecule has 0 fully saturated rings. The van der Waals surface area contributed by atoms with E-state index in [1.54, 1.807) is 42.6 Å². The molecule has 0 spiro atoms. The number of carbonyl (C=O) groups is 3. The van der Waals surface area contributed by atoms with Crippen LogP contribution in [0.15, 0.2) is 42.6 Å². The smallest absolute Gasteiger partial charge is 0.257 e. The van der Waals surface area contributed by atoms with Gasteiger partial charge in [0.05, 0.1) is 16.9 Å². The summed E-state index contributed by atoms with van der Waals surface area (Å²) in [5.41, 5.74) is 1.32. The number of para-hydroxylation sites is 1. The van der Waals surface area contributed by atoms with Gasteiger partial charge in [0.15, 0.2) is 5.82 Å². The summed E-state index contributed by atoms with van der Waals surface area (Å²) >= 11 is 0. The van der Waals surface area contributed by atoms with Gasteiger partial charge in [-0.15, -0.1) is 0 Å². The van der Waals surface area contributed by atoms with E-state index in [0.717, 1.165) is 26.1 Å². The quantitative estimate of drug-likeness (QED) is 0.596. The number of carbonyl (C=O) groups excluding carboxylic acids is 3. The normalized spacial score (nSPS) is 12.6. The lowest BCUT2D eigenvalue weighted by Gasteiger charge is -2.25. The van der Waals surface area contributed by atoms with Crippen LogP contribution >= 0.6 is 0 Å². The molecule has 1 aliphatic heterocycles. The number of benzene rings is 1. The van der Waals surface area contributed by atoms with Crippen LogP contribution in [-0.2, 0) is 9.59 Å². The number of hydrogen-bond acceptors (Lipinski definition) is 5. The third kappa shape index (κ3) is 5.76. The first-order valence-electron chi connectivity index (χ1n) is 11.7. The van der Waals surface area contributed by atoms with Crippen molar-refractivity contribution in [3.05, 3.63) is 48.2 Å². The molecule has 0 radical (unpaired) electrons. The van der Waals surface area contributed by atoms with Crippen molar-refractivity contribution in [1.82, 2.24) is 14.8 Å². The summed E-state index contributed by atoms with van der Waals surface area (Å²) in [5, 5.41) is 2.82. The zero-order chi connectivity index (χ0) is 23.8. The lowest BCUT2D eigenvalue weighted by Crippen LogP contribution is -2.35. The molecule has 1 aromatic heterocycles.